The van der Waals surface area contributed by atoms with Gasteiger partial charge in [-0.1, -0.05) is 101 Å². The molecule has 0 aliphatic heterocycles. The zero-order valence-electron chi connectivity index (χ0n) is 23.3. The fourth-order valence-corrected chi connectivity index (χ4v) is 6.53. The number of nitrogens with zero attached hydrogens (tertiary/aromatic N) is 3. The Morgan fingerprint density at radius 3 is 2.18 bits per heavy atom. The molecular weight excluding hydrogens is 742 g/mol. The summed E-state index contributed by atoms with van der Waals surface area (Å²) in [5, 5.41) is 14.7. The van der Waals surface area contributed by atoms with E-state index >= 15 is 0 Å². The molecule has 0 radical (unpaired) electrons. The van der Waals surface area contributed by atoms with Crippen molar-refractivity contribution in [3.63, 3.8) is 0 Å². The van der Waals surface area contributed by atoms with Gasteiger partial charge in [0.05, 0.1) is 5.03 Å². The number of aromatic hydroxyl groups is 1. The van der Waals surface area contributed by atoms with Gasteiger partial charge < -0.3 is 9.67 Å². The SMILES string of the molecule is Oc1ccc(-c2ccccc2)c2ccc(Sc3[c-]c4c(cc3)c3ccccc3n4-c3cc(-c4ccccc4)ccn3)nc12.[Pt]. The van der Waals surface area contributed by atoms with Crippen molar-refractivity contribution >= 4 is 44.5 Å². The van der Waals surface area contributed by atoms with E-state index in [4.69, 9.17) is 9.97 Å². The van der Waals surface area contributed by atoms with Crippen molar-refractivity contribution in [1.82, 2.24) is 14.5 Å². The number of benzene rings is 5. The van der Waals surface area contributed by atoms with Crippen LogP contribution in [0.15, 0.2) is 150 Å². The van der Waals surface area contributed by atoms with E-state index in [0.29, 0.717) is 5.52 Å². The van der Waals surface area contributed by atoms with Crippen LogP contribution in [0.2, 0.25) is 0 Å². The van der Waals surface area contributed by atoms with Gasteiger partial charge in [-0.25, -0.2) is 9.97 Å². The maximum absolute atomic E-state index is 10.7. The van der Waals surface area contributed by atoms with Crippen LogP contribution in [-0.2, 0) is 21.1 Å². The maximum atomic E-state index is 10.7. The van der Waals surface area contributed by atoms with Crippen molar-refractivity contribution in [1.29, 1.82) is 0 Å². The zero-order chi connectivity index (χ0) is 28.8. The van der Waals surface area contributed by atoms with Gasteiger partial charge in [0, 0.05) is 38.2 Å². The van der Waals surface area contributed by atoms with Crippen LogP contribution >= 0.6 is 11.8 Å². The third-order valence-electron chi connectivity index (χ3n) is 7.75. The van der Waals surface area contributed by atoms with Gasteiger partial charge in [0.1, 0.15) is 17.1 Å². The fourth-order valence-electron chi connectivity index (χ4n) is 5.75. The molecule has 0 aliphatic rings. The number of pyridine rings is 2. The van der Waals surface area contributed by atoms with Crippen LogP contribution in [0.3, 0.4) is 0 Å². The molecule has 0 saturated heterocycles. The van der Waals surface area contributed by atoms with E-state index in [0.717, 1.165) is 65.2 Å². The summed E-state index contributed by atoms with van der Waals surface area (Å²) >= 11 is 1.53. The Hall–Kier alpha value is -4.70. The molecule has 5 aromatic carbocycles. The first-order valence-corrected chi connectivity index (χ1v) is 14.9. The van der Waals surface area contributed by atoms with E-state index in [-0.39, 0.29) is 26.8 Å². The number of hydrogen-bond donors (Lipinski definition) is 1. The Kier molecular flexibility index (Phi) is 7.51. The van der Waals surface area contributed by atoms with Gasteiger partial charge in [0.25, 0.3) is 0 Å². The summed E-state index contributed by atoms with van der Waals surface area (Å²) < 4.78 is 2.19. The Labute approximate surface area is 273 Å². The second-order valence-electron chi connectivity index (χ2n) is 10.4. The standard InChI is InChI=1S/C38H24N3OS.Pt/c42-35-19-17-29(26-11-5-2-6-12-26)32-18-20-37(40-38(32)35)43-28-15-16-31-30-13-7-8-14-33(30)41(34(31)24-28)36-23-27(21-22-39-36)25-9-3-1-4-10-25;/h1-23,42H;/q-1;. The summed E-state index contributed by atoms with van der Waals surface area (Å²) in [4.78, 5) is 10.6. The van der Waals surface area contributed by atoms with Crippen molar-refractivity contribution < 1.29 is 26.2 Å². The van der Waals surface area contributed by atoms with Gasteiger partial charge in [-0.3, -0.25) is 0 Å². The maximum Gasteiger partial charge on any atom is 0.141 e. The van der Waals surface area contributed by atoms with Crippen molar-refractivity contribution in [2.45, 2.75) is 9.92 Å². The molecule has 0 bridgehead atoms. The Morgan fingerprint density at radius 1 is 0.636 bits per heavy atom. The van der Waals surface area contributed by atoms with E-state index in [1.54, 1.807) is 6.07 Å². The minimum absolute atomic E-state index is 0. The molecule has 0 saturated carbocycles. The van der Waals surface area contributed by atoms with Crippen LogP contribution in [0.1, 0.15) is 0 Å². The normalized spacial score (nSPS) is 11.2. The number of rotatable bonds is 5. The number of phenolic OH excluding ortho intramolecular Hbond substituents is 1. The molecule has 8 rings (SSSR count). The number of aromatic nitrogens is 3. The van der Waals surface area contributed by atoms with Gasteiger partial charge in [-0.05, 0) is 70.1 Å². The summed E-state index contributed by atoms with van der Waals surface area (Å²) in [6.45, 7) is 0. The van der Waals surface area contributed by atoms with E-state index < -0.39 is 0 Å². The third-order valence-corrected chi connectivity index (χ3v) is 8.64. The molecule has 0 spiro atoms. The van der Waals surface area contributed by atoms with Crippen LogP contribution in [0.25, 0.3) is 60.8 Å². The molecule has 0 fully saturated rings. The fraction of sp³-hybridized carbons (Fsp3) is 0. The predicted octanol–water partition coefficient (Wildman–Crippen LogP) is 9.72. The summed E-state index contributed by atoms with van der Waals surface area (Å²) in [5.74, 6) is 1.01. The quantitative estimate of drug-likeness (QED) is 0.178. The first-order valence-electron chi connectivity index (χ1n) is 14.1. The van der Waals surface area contributed by atoms with E-state index in [9.17, 15) is 5.11 Å². The molecule has 4 nitrogen and oxygen atoms in total. The van der Waals surface area contributed by atoms with Crippen molar-refractivity contribution in [3.05, 3.63) is 146 Å². The van der Waals surface area contributed by atoms with Crippen molar-refractivity contribution in [2.75, 3.05) is 0 Å². The first-order chi connectivity index (χ1) is 21.2. The van der Waals surface area contributed by atoms with Gasteiger partial charge in [0.2, 0.25) is 0 Å². The second kappa shape index (κ2) is 11.8. The molecule has 3 heterocycles. The van der Waals surface area contributed by atoms with Gasteiger partial charge in [-0.15, -0.1) is 11.5 Å². The van der Waals surface area contributed by atoms with E-state index in [2.05, 4.69) is 89.5 Å². The van der Waals surface area contributed by atoms with Crippen molar-refractivity contribution in [3.8, 4) is 33.8 Å². The molecule has 0 aliphatic carbocycles. The number of hydrogen-bond acceptors (Lipinski definition) is 4. The Balaban J connectivity index is 0.00000312. The second-order valence-corrected chi connectivity index (χ2v) is 11.4. The number of phenols is 1. The van der Waals surface area contributed by atoms with Gasteiger partial charge in [-0.2, -0.15) is 12.1 Å². The minimum atomic E-state index is 0. The predicted molar refractivity (Wildman–Crippen MR) is 176 cm³/mol. The monoisotopic (exact) mass is 765 g/mol. The summed E-state index contributed by atoms with van der Waals surface area (Å²) in [6.07, 6.45) is 1.87. The van der Waals surface area contributed by atoms with Crippen LogP contribution in [0.5, 0.6) is 5.75 Å². The largest absolute Gasteiger partial charge is 0.506 e. The van der Waals surface area contributed by atoms with Gasteiger partial charge >= 0.3 is 0 Å². The van der Waals surface area contributed by atoms with Crippen LogP contribution in [0, 0.1) is 6.07 Å². The molecular formula is C38H24N3OPtS-. The Bertz CT molecular complexity index is 2280. The first kappa shape index (κ1) is 28.1. The molecule has 0 unspecified atom stereocenters. The van der Waals surface area contributed by atoms with E-state index in [1.807, 2.05) is 54.7 Å². The summed E-state index contributed by atoms with van der Waals surface area (Å²) in [7, 11) is 0. The molecule has 3 aromatic heterocycles. The van der Waals surface area contributed by atoms with Crippen LogP contribution in [0.4, 0.5) is 0 Å². The van der Waals surface area contributed by atoms with Crippen LogP contribution in [-0.4, -0.2) is 19.6 Å². The molecule has 1 N–H and O–H groups in total. The number of fused-ring (bicyclic) bond motifs is 4. The Morgan fingerprint density at radius 2 is 1.36 bits per heavy atom. The average Bonchev–Trinajstić information content (AvgIpc) is 3.39. The molecule has 0 atom stereocenters. The third kappa shape index (κ3) is 4.98. The average molecular weight is 766 g/mol. The smallest absolute Gasteiger partial charge is 0.141 e. The number of para-hydroxylation sites is 1. The molecule has 214 valence electrons. The summed E-state index contributed by atoms with van der Waals surface area (Å²) in [5.41, 5.74) is 7.01. The zero-order valence-corrected chi connectivity index (χ0v) is 26.4. The topological polar surface area (TPSA) is 50.9 Å². The minimum Gasteiger partial charge on any atom is -0.506 e. The molecule has 8 aromatic rings. The molecule has 6 heteroatoms. The van der Waals surface area contributed by atoms with Crippen LogP contribution < -0.4 is 0 Å². The summed E-state index contributed by atoms with van der Waals surface area (Å²) in [6, 6.07) is 48.8. The van der Waals surface area contributed by atoms with E-state index in [1.165, 1.54) is 11.8 Å². The molecule has 0 amide bonds. The molecule has 44 heavy (non-hydrogen) atoms. The van der Waals surface area contributed by atoms with Gasteiger partial charge in [0.15, 0.2) is 0 Å². The van der Waals surface area contributed by atoms with Crippen molar-refractivity contribution in [2.24, 2.45) is 0 Å².